The normalized spacial score (nSPS) is 21.8. The summed E-state index contributed by atoms with van der Waals surface area (Å²) in [4.78, 5) is 10.2. The summed E-state index contributed by atoms with van der Waals surface area (Å²) in [5, 5.41) is 8.32. The van der Waals surface area contributed by atoms with Crippen molar-refractivity contribution < 1.29 is 23.1 Å². The van der Waals surface area contributed by atoms with Gasteiger partial charge in [0.25, 0.3) is 0 Å². The quantitative estimate of drug-likeness (QED) is 0.723. The molecular formula is C10H9F3O2. The second kappa shape index (κ2) is 4.33. The molecule has 0 radical (unpaired) electrons. The zero-order valence-electron chi connectivity index (χ0n) is 7.66. The van der Waals surface area contributed by atoms with Crippen molar-refractivity contribution in [2.24, 2.45) is 5.92 Å². The number of hydrogen-bond donors (Lipinski definition) is 1. The molecule has 5 heteroatoms. The number of aliphatic carboxylic acids is 1. The van der Waals surface area contributed by atoms with Crippen LogP contribution in [-0.4, -0.2) is 17.3 Å². The molecule has 1 aliphatic carbocycles. The maximum atomic E-state index is 12.3. The van der Waals surface area contributed by atoms with Crippen molar-refractivity contribution in [2.45, 2.75) is 12.6 Å². The van der Waals surface area contributed by atoms with Gasteiger partial charge in [0.1, 0.15) is 0 Å². The summed E-state index contributed by atoms with van der Waals surface area (Å²) in [6, 6.07) is 0. The van der Waals surface area contributed by atoms with E-state index in [2.05, 4.69) is 0 Å². The molecule has 15 heavy (non-hydrogen) atoms. The Hall–Kier alpha value is -1.52. The fourth-order valence-corrected chi connectivity index (χ4v) is 1.25. The highest BCUT2D eigenvalue weighted by Gasteiger charge is 2.34. The first-order chi connectivity index (χ1) is 6.89. The lowest BCUT2D eigenvalue weighted by molar-refractivity contribution is -0.131. The molecular weight excluding hydrogens is 209 g/mol. The van der Waals surface area contributed by atoms with Crippen molar-refractivity contribution in [1.82, 2.24) is 0 Å². The van der Waals surface area contributed by atoms with Gasteiger partial charge in [-0.25, -0.2) is 4.79 Å². The lowest BCUT2D eigenvalue weighted by atomic mass is 9.93. The van der Waals surface area contributed by atoms with Gasteiger partial charge in [-0.3, -0.25) is 0 Å². The number of allylic oxidation sites excluding steroid dienone is 5. The third-order valence-corrected chi connectivity index (χ3v) is 1.96. The summed E-state index contributed by atoms with van der Waals surface area (Å²) in [6.45, 7) is 0. The van der Waals surface area contributed by atoms with Crippen LogP contribution in [0.5, 0.6) is 0 Å². The van der Waals surface area contributed by atoms with Crippen LogP contribution in [-0.2, 0) is 4.79 Å². The van der Waals surface area contributed by atoms with E-state index in [1.54, 1.807) is 0 Å². The summed E-state index contributed by atoms with van der Waals surface area (Å²) in [7, 11) is 0. The Bertz CT molecular complexity index is 337. The summed E-state index contributed by atoms with van der Waals surface area (Å²) in [5.41, 5.74) is -0.634. The Kier molecular flexibility index (Phi) is 3.34. The van der Waals surface area contributed by atoms with Gasteiger partial charge in [0.15, 0.2) is 0 Å². The molecule has 1 atom stereocenters. The third kappa shape index (κ3) is 3.61. The van der Waals surface area contributed by atoms with Gasteiger partial charge in [0, 0.05) is 11.6 Å². The molecule has 1 N–H and O–H groups in total. The second-order valence-electron chi connectivity index (χ2n) is 3.14. The third-order valence-electron chi connectivity index (χ3n) is 1.96. The number of carbonyl (C=O) groups is 1. The summed E-state index contributed by atoms with van der Waals surface area (Å²) < 4.78 is 36.8. The van der Waals surface area contributed by atoms with Crippen LogP contribution in [0, 0.1) is 5.92 Å². The highest BCUT2D eigenvalue weighted by Crippen LogP contribution is 2.33. The van der Waals surface area contributed by atoms with Gasteiger partial charge in [-0.15, -0.1) is 0 Å². The fraction of sp³-hybridized carbons (Fsp3) is 0.300. The van der Waals surface area contributed by atoms with Crippen LogP contribution in [0.15, 0.2) is 36.0 Å². The maximum Gasteiger partial charge on any atom is 0.412 e. The van der Waals surface area contributed by atoms with E-state index in [1.165, 1.54) is 18.2 Å². The maximum absolute atomic E-state index is 12.3. The van der Waals surface area contributed by atoms with Crippen molar-refractivity contribution in [3.05, 3.63) is 36.0 Å². The monoisotopic (exact) mass is 218 g/mol. The van der Waals surface area contributed by atoms with Crippen molar-refractivity contribution in [3.8, 4) is 0 Å². The van der Waals surface area contributed by atoms with Gasteiger partial charge in [-0.05, 0) is 12.3 Å². The molecule has 0 aromatic carbocycles. The fourth-order valence-electron chi connectivity index (χ4n) is 1.25. The average Bonchev–Trinajstić information content (AvgIpc) is 2.14. The predicted molar refractivity (Wildman–Crippen MR) is 48.2 cm³/mol. The van der Waals surface area contributed by atoms with Gasteiger partial charge in [0.2, 0.25) is 0 Å². The lowest BCUT2D eigenvalue weighted by Crippen LogP contribution is -2.16. The standard InChI is InChI=1S/C10H9F3O2/c11-10(12,13)8-3-1-2-7(6-8)4-5-9(14)15/h1-5,7H,6H2,(H,14,15). The molecule has 0 heterocycles. The number of carboxylic acid groups (broad SMARTS) is 1. The molecule has 1 aliphatic rings. The molecule has 0 bridgehead atoms. The topological polar surface area (TPSA) is 37.3 Å². The number of hydrogen-bond acceptors (Lipinski definition) is 1. The molecule has 2 nitrogen and oxygen atoms in total. The average molecular weight is 218 g/mol. The summed E-state index contributed by atoms with van der Waals surface area (Å²) in [6.07, 6.45) is 1.40. The van der Waals surface area contributed by atoms with Gasteiger partial charge >= 0.3 is 12.1 Å². The van der Waals surface area contributed by atoms with Crippen LogP contribution in [0.3, 0.4) is 0 Å². The predicted octanol–water partition coefficient (Wildman–Crippen LogP) is 2.69. The molecule has 0 fully saturated rings. The zero-order chi connectivity index (χ0) is 11.5. The highest BCUT2D eigenvalue weighted by atomic mass is 19.4. The molecule has 0 aromatic rings. The van der Waals surface area contributed by atoms with Crippen LogP contribution in [0.1, 0.15) is 6.42 Å². The lowest BCUT2D eigenvalue weighted by Gasteiger charge is -2.17. The minimum Gasteiger partial charge on any atom is -0.478 e. The molecule has 1 rings (SSSR count). The molecule has 0 spiro atoms. The van der Waals surface area contributed by atoms with Gasteiger partial charge in [0.05, 0.1) is 0 Å². The van der Waals surface area contributed by atoms with E-state index in [-0.39, 0.29) is 6.42 Å². The van der Waals surface area contributed by atoms with Crippen LogP contribution in [0.4, 0.5) is 13.2 Å². The molecule has 0 saturated heterocycles. The zero-order valence-corrected chi connectivity index (χ0v) is 7.66. The molecule has 0 aliphatic heterocycles. The first kappa shape index (κ1) is 11.6. The summed E-state index contributed by atoms with van der Waals surface area (Å²) in [5.74, 6) is -1.66. The summed E-state index contributed by atoms with van der Waals surface area (Å²) >= 11 is 0. The van der Waals surface area contributed by atoms with E-state index >= 15 is 0 Å². The highest BCUT2D eigenvalue weighted by molar-refractivity contribution is 5.79. The van der Waals surface area contributed by atoms with E-state index in [1.807, 2.05) is 0 Å². The van der Waals surface area contributed by atoms with Crippen molar-refractivity contribution in [2.75, 3.05) is 0 Å². The Morgan fingerprint density at radius 2 is 2.20 bits per heavy atom. The van der Waals surface area contributed by atoms with E-state index in [0.717, 1.165) is 12.2 Å². The molecule has 82 valence electrons. The Morgan fingerprint density at radius 3 is 2.73 bits per heavy atom. The van der Waals surface area contributed by atoms with Crippen molar-refractivity contribution in [3.63, 3.8) is 0 Å². The van der Waals surface area contributed by atoms with Crippen LogP contribution in [0.25, 0.3) is 0 Å². The molecule has 1 unspecified atom stereocenters. The Labute approximate surface area is 84.4 Å². The van der Waals surface area contributed by atoms with Crippen LogP contribution >= 0.6 is 0 Å². The van der Waals surface area contributed by atoms with Gasteiger partial charge in [-0.2, -0.15) is 13.2 Å². The first-order valence-corrected chi connectivity index (χ1v) is 4.25. The largest absolute Gasteiger partial charge is 0.478 e. The molecule has 0 saturated carbocycles. The van der Waals surface area contributed by atoms with E-state index < -0.39 is 23.6 Å². The minimum atomic E-state index is -4.33. The number of halogens is 3. The van der Waals surface area contributed by atoms with Crippen molar-refractivity contribution in [1.29, 1.82) is 0 Å². The SMILES string of the molecule is O=C(O)C=CC1C=CC=C(C(F)(F)F)C1. The number of carboxylic acids is 1. The number of alkyl halides is 3. The van der Waals surface area contributed by atoms with E-state index in [0.29, 0.717) is 0 Å². The van der Waals surface area contributed by atoms with Crippen LogP contribution < -0.4 is 0 Å². The van der Waals surface area contributed by atoms with Crippen molar-refractivity contribution >= 4 is 5.97 Å². The van der Waals surface area contributed by atoms with Crippen LogP contribution in [0.2, 0.25) is 0 Å². The number of rotatable bonds is 2. The Morgan fingerprint density at radius 1 is 1.53 bits per heavy atom. The second-order valence-corrected chi connectivity index (χ2v) is 3.14. The molecule has 0 aromatic heterocycles. The van der Waals surface area contributed by atoms with Gasteiger partial charge in [-0.1, -0.05) is 24.3 Å². The first-order valence-electron chi connectivity index (χ1n) is 4.25. The minimum absolute atomic E-state index is 0.205. The smallest absolute Gasteiger partial charge is 0.412 e. The Balaban J connectivity index is 2.68. The van der Waals surface area contributed by atoms with E-state index in [9.17, 15) is 18.0 Å². The van der Waals surface area contributed by atoms with E-state index in [4.69, 9.17) is 5.11 Å². The molecule has 0 amide bonds. The van der Waals surface area contributed by atoms with Gasteiger partial charge < -0.3 is 5.11 Å².